The van der Waals surface area contributed by atoms with Gasteiger partial charge in [-0.2, -0.15) is 13.5 Å². The molecule has 1 aromatic heterocycles. The van der Waals surface area contributed by atoms with Gasteiger partial charge in [0.05, 0.1) is 17.9 Å². The van der Waals surface area contributed by atoms with E-state index in [2.05, 4.69) is 5.10 Å². The summed E-state index contributed by atoms with van der Waals surface area (Å²) in [6.45, 7) is 3.73. The monoisotopic (exact) mass is 274 g/mol. The van der Waals surface area contributed by atoms with Crippen molar-refractivity contribution in [3.8, 4) is 0 Å². The molecular formula is C10H18N4O3S. The number of nitrogens with zero attached hydrogens (tertiary/aromatic N) is 3. The van der Waals surface area contributed by atoms with Gasteiger partial charge in [0.1, 0.15) is 0 Å². The summed E-state index contributed by atoms with van der Waals surface area (Å²) in [5.41, 5.74) is 0.520. The Morgan fingerprint density at radius 2 is 2.22 bits per heavy atom. The van der Waals surface area contributed by atoms with Gasteiger partial charge in [-0.1, -0.05) is 0 Å². The van der Waals surface area contributed by atoms with Crippen molar-refractivity contribution in [1.29, 1.82) is 0 Å². The van der Waals surface area contributed by atoms with Crippen LogP contribution in [0, 0.1) is 0 Å². The molecule has 0 atom stereocenters. The fraction of sp³-hybridized carbons (Fsp3) is 0.700. The standard InChI is InChI=1S/C10H18N4O3S/c1-2-13-8-10(7-12-13)14(18(11,15)16)9-3-5-17-6-4-9/h7-9H,2-6H2,1H3,(H2,11,15,16). The van der Waals surface area contributed by atoms with Crippen molar-refractivity contribution in [3.63, 3.8) is 0 Å². The lowest BCUT2D eigenvalue weighted by atomic mass is 10.1. The first-order valence-corrected chi connectivity index (χ1v) is 7.45. The van der Waals surface area contributed by atoms with Gasteiger partial charge in [0, 0.05) is 26.0 Å². The Bertz CT molecular complexity index is 493. The van der Waals surface area contributed by atoms with E-state index in [1.54, 1.807) is 10.9 Å². The molecule has 0 spiro atoms. The molecule has 1 aliphatic heterocycles. The molecule has 0 aliphatic carbocycles. The molecule has 0 amide bonds. The Balaban J connectivity index is 2.30. The fourth-order valence-corrected chi connectivity index (χ4v) is 3.14. The van der Waals surface area contributed by atoms with Crippen LogP contribution in [0.15, 0.2) is 12.4 Å². The number of aromatic nitrogens is 2. The van der Waals surface area contributed by atoms with E-state index in [9.17, 15) is 8.42 Å². The first kappa shape index (κ1) is 13.3. The first-order valence-electron chi connectivity index (χ1n) is 5.94. The highest BCUT2D eigenvalue weighted by Crippen LogP contribution is 2.24. The van der Waals surface area contributed by atoms with Crippen molar-refractivity contribution >= 4 is 15.9 Å². The molecule has 0 unspecified atom stereocenters. The average molecular weight is 274 g/mol. The topological polar surface area (TPSA) is 90.5 Å². The van der Waals surface area contributed by atoms with Gasteiger partial charge in [-0.25, -0.2) is 5.14 Å². The molecule has 7 nitrogen and oxygen atoms in total. The summed E-state index contributed by atoms with van der Waals surface area (Å²) in [5.74, 6) is 0. The van der Waals surface area contributed by atoms with Crippen LogP contribution in [0.2, 0.25) is 0 Å². The predicted molar refractivity (Wildman–Crippen MR) is 67.3 cm³/mol. The number of aryl methyl sites for hydroxylation is 1. The van der Waals surface area contributed by atoms with Crippen LogP contribution in [0.1, 0.15) is 19.8 Å². The van der Waals surface area contributed by atoms with Gasteiger partial charge < -0.3 is 4.74 Å². The van der Waals surface area contributed by atoms with Crippen LogP contribution < -0.4 is 9.44 Å². The summed E-state index contributed by atoms with van der Waals surface area (Å²) in [4.78, 5) is 0. The quantitative estimate of drug-likeness (QED) is 0.842. The zero-order valence-electron chi connectivity index (χ0n) is 10.3. The SMILES string of the molecule is CCn1cc(N(C2CCOCC2)S(N)(=O)=O)cn1. The van der Waals surface area contributed by atoms with Gasteiger partial charge in [0.2, 0.25) is 0 Å². The Labute approximate surface area is 107 Å². The highest BCUT2D eigenvalue weighted by molar-refractivity contribution is 7.90. The van der Waals surface area contributed by atoms with E-state index in [0.717, 1.165) is 0 Å². The van der Waals surface area contributed by atoms with E-state index in [0.29, 0.717) is 38.3 Å². The third-order valence-corrected chi connectivity index (χ3v) is 4.05. The molecule has 102 valence electrons. The molecule has 18 heavy (non-hydrogen) atoms. The molecule has 8 heteroatoms. The smallest absolute Gasteiger partial charge is 0.299 e. The molecule has 1 aliphatic rings. The second-order valence-corrected chi connectivity index (χ2v) is 5.66. The molecule has 2 heterocycles. The summed E-state index contributed by atoms with van der Waals surface area (Å²) < 4.78 is 31.7. The lowest BCUT2D eigenvalue weighted by Crippen LogP contribution is -2.46. The molecule has 0 saturated carbocycles. The zero-order valence-corrected chi connectivity index (χ0v) is 11.1. The molecule has 1 fully saturated rings. The van der Waals surface area contributed by atoms with E-state index in [1.165, 1.54) is 10.5 Å². The van der Waals surface area contributed by atoms with Gasteiger partial charge in [0.25, 0.3) is 10.2 Å². The average Bonchev–Trinajstić information content (AvgIpc) is 2.77. The Morgan fingerprint density at radius 3 is 2.72 bits per heavy atom. The summed E-state index contributed by atoms with van der Waals surface area (Å²) >= 11 is 0. The maximum Gasteiger partial charge on any atom is 0.299 e. The normalized spacial score (nSPS) is 17.9. The second kappa shape index (κ2) is 5.25. The highest BCUT2D eigenvalue weighted by Gasteiger charge is 2.30. The van der Waals surface area contributed by atoms with Crippen molar-refractivity contribution in [2.24, 2.45) is 5.14 Å². The maximum absolute atomic E-state index is 11.8. The minimum atomic E-state index is -3.79. The Kier molecular flexibility index (Phi) is 3.88. The molecule has 2 N–H and O–H groups in total. The van der Waals surface area contributed by atoms with Crippen molar-refractivity contribution in [1.82, 2.24) is 9.78 Å². The van der Waals surface area contributed by atoms with Crippen LogP contribution in [0.3, 0.4) is 0 Å². The summed E-state index contributed by atoms with van der Waals surface area (Å²) in [5, 5.41) is 9.40. The van der Waals surface area contributed by atoms with Crippen molar-refractivity contribution in [3.05, 3.63) is 12.4 Å². The third kappa shape index (κ3) is 2.82. The van der Waals surface area contributed by atoms with Crippen LogP contribution in [0.25, 0.3) is 0 Å². The van der Waals surface area contributed by atoms with Crippen LogP contribution in [-0.4, -0.2) is 37.5 Å². The fourth-order valence-electron chi connectivity index (χ4n) is 2.12. The minimum Gasteiger partial charge on any atom is -0.381 e. The van der Waals surface area contributed by atoms with Crippen LogP contribution in [-0.2, 0) is 21.5 Å². The van der Waals surface area contributed by atoms with E-state index in [-0.39, 0.29) is 6.04 Å². The zero-order chi connectivity index (χ0) is 13.2. The van der Waals surface area contributed by atoms with E-state index < -0.39 is 10.2 Å². The minimum absolute atomic E-state index is 0.150. The molecule has 0 bridgehead atoms. The van der Waals surface area contributed by atoms with Gasteiger partial charge in [-0.05, 0) is 19.8 Å². The number of ether oxygens (including phenoxy) is 1. The molecule has 2 rings (SSSR count). The van der Waals surface area contributed by atoms with Crippen molar-refractivity contribution < 1.29 is 13.2 Å². The van der Waals surface area contributed by atoms with Crippen LogP contribution in [0.5, 0.6) is 0 Å². The number of rotatable bonds is 4. The Hall–Kier alpha value is -1.12. The third-order valence-electron chi connectivity index (χ3n) is 2.99. The van der Waals surface area contributed by atoms with Crippen LogP contribution >= 0.6 is 0 Å². The van der Waals surface area contributed by atoms with E-state index >= 15 is 0 Å². The molecular weight excluding hydrogens is 256 g/mol. The number of nitrogens with two attached hydrogens (primary N) is 1. The van der Waals surface area contributed by atoms with Crippen molar-refractivity contribution in [2.45, 2.75) is 32.4 Å². The van der Waals surface area contributed by atoms with Gasteiger partial charge >= 0.3 is 0 Å². The van der Waals surface area contributed by atoms with Gasteiger partial charge in [-0.3, -0.25) is 8.99 Å². The summed E-state index contributed by atoms with van der Waals surface area (Å²) in [6.07, 6.45) is 4.52. The maximum atomic E-state index is 11.8. The molecule has 0 radical (unpaired) electrons. The molecule has 0 aromatic carbocycles. The number of hydrogen-bond donors (Lipinski definition) is 1. The van der Waals surface area contributed by atoms with Gasteiger partial charge in [0.15, 0.2) is 0 Å². The van der Waals surface area contributed by atoms with Crippen LogP contribution in [0.4, 0.5) is 5.69 Å². The largest absolute Gasteiger partial charge is 0.381 e. The Morgan fingerprint density at radius 1 is 1.56 bits per heavy atom. The second-order valence-electron chi connectivity index (χ2n) is 4.24. The van der Waals surface area contributed by atoms with Crippen molar-refractivity contribution in [2.75, 3.05) is 17.5 Å². The summed E-state index contributed by atoms with van der Waals surface area (Å²) in [6, 6.07) is -0.150. The highest BCUT2D eigenvalue weighted by atomic mass is 32.2. The van der Waals surface area contributed by atoms with E-state index in [4.69, 9.17) is 9.88 Å². The lowest BCUT2D eigenvalue weighted by Gasteiger charge is -2.32. The number of anilines is 1. The predicted octanol–water partition coefficient (Wildman–Crippen LogP) is 0.0919. The molecule has 1 aromatic rings. The van der Waals surface area contributed by atoms with E-state index in [1.807, 2.05) is 6.92 Å². The summed E-state index contributed by atoms with van der Waals surface area (Å²) in [7, 11) is -3.79. The first-order chi connectivity index (χ1) is 8.52. The molecule has 1 saturated heterocycles. The van der Waals surface area contributed by atoms with Gasteiger partial charge in [-0.15, -0.1) is 0 Å². The number of hydrogen-bond acceptors (Lipinski definition) is 4. The lowest BCUT2D eigenvalue weighted by molar-refractivity contribution is 0.0875.